The van der Waals surface area contributed by atoms with Crippen LogP contribution in [0, 0.1) is 52.3 Å². The summed E-state index contributed by atoms with van der Waals surface area (Å²) in [5, 5.41) is 10.2. The smallest absolute Gasteiger partial charge is 0.0577 e. The van der Waals surface area contributed by atoms with Gasteiger partial charge in [0.1, 0.15) is 0 Å². The Morgan fingerprint density at radius 1 is 1.00 bits per heavy atom. The molecule has 0 heterocycles. The molecule has 0 saturated heterocycles. The predicted octanol–water partition coefficient (Wildman–Crippen LogP) is 8.02. The van der Waals surface area contributed by atoms with Gasteiger partial charge in [0.15, 0.2) is 0 Å². The minimum absolute atomic E-state index is 0.0794. The first kappa shape index (κ1) is 22.9. The normalized spacial score (nSPS) is 45.3. The van der Waals surface area contributed by atoms with Gasteiger partial charge in [0.2, 0.25) is 0 Å². The Morgan fingerprint density at radius 3 is 2.47 bits per heavy atom. The zero-order chi connectivity index (χ0) is 21.7. The lowest BCUT2D eigenvalue weighted by Gasteiger charge is -2.58. The number of hydrogen-bond donors (Lipinski definition) is 1. The molecule has 30 heavy (non-hydrogen) atoms. The van der Waals surface area contributed by atoms with Gasteiger partial charge in [-0.05, 0) is 110 Å². The van der Waals surface area contributed by atoms with Gasteiger partial charge < -0.3 is 5.11 Å². The van der Waals surface area contributed by atoms with Gasteiger partial charge in [-0.2, -0.15) is 0 Å². The van der Waals surface area contributed by atoms with E-state index in [-0.39, 0.29) is 6.10 Å². The Balaban J connectivity index is 1.47. The summed E-state index contributed by atoms with van der Waals surface area (Å²) in [7, 11) is 0. The standard InChI is InChI=1S/C29H50O/c1-7-21(19(2)3)9-8-20(4)25-12-13-26-24-11-10-22-18-23(30)14-16-28(22,5)27(24)15-17-29(25,26)6/h10,19-21,23-27,30H,7-9,11-18H2,1-6H3/t20?,21-,23+,24+,25?,26?,27?,28+,29-/m1/s1. The first-order valence-electron chi connectivity index (χ1n) is 13.6. The van der Waals surface area contributed by atoms with E-state index in [1.54, 1.807) is 5.57 Å². The van der Waals surface area contributed by atoms with Crippen LogP contribution in [0.2, 0.25) is 0 Å². The van der Waals surface area contributed by atoms with Crippen LogP contribution >= 0.6 is 0 Å². The molecule has 0 aromatic heterocycles. The summed E-state index contributed by atoms with van der Waals surface area (Å²) in [6.07, 6.45) is 17.1. The number of aliphatic hydroxyl groups excluding tert-OH is 1. The lowest BCUT2D eigenvalue weighted by atomic mass is 9.47. The molecule has 172 valence electrons. The van der Waals surface area contributed by atoms with E-state index in [1.165, 1.54) is 57.8 Å². The molecule has 4 aliphatic carbocycles. The molecule has 0 amide bonds. The Bertz CT molecular complexity index is 634. The van der Waals surface area contributed by atoms with E-state index in [1.807, 2.05) is 0 Å². The number of allylic oxidation sites excluding steroid dienone is 1. The molecule has 3 saturated carbocycles. The first-order chi connectivity index (χ1) is 14.2. The van der Waals surface area contributed by atoms with Crippen molar-refractivity contribution in [3.05, 3.63) is 11.6 Å². The third-order valence-corrected chi connectivity index (χ3v) is 11.3. The quantitative estimate of drug-likeness (QED) is 0.436. The summed E-state index contributed by atoms with van der Waals surface area (Å²) in [5.41, 5.74) is 2.59. The van der Waals surface area contributed by atoms with Gasteiger partial charge in [-0.15, -0.1) is 0 Å². The monoisotopic (exact) mass is 414 g/mol. The van der Waals surface area contributed by atoms with Crippen molar-refractivity contribution >= 4 is 0 Å². The van der Waals surface area contributed by atoms with Crippen molar-refractivity contribution in [3.8, 4) is 0 Å². The summed E-state index contributed by atoms with van der Waals surface area (Å²) in [6, 6.07) is 0. The van der Waals surface area contributed by atoms with Gasteiger partial charge >= 0.3 is 0 Å². The van der Waals surface area contributed by atoms with E-state index in [0.717, 1.165) is 54.3 Å². The summed E-state index contributed by atoms with van der Waals surface area (Å²) in [4.78, 5) is 0. The van der Waals surface area contributed by atoms with E-state index in [4.69, 9.17) is 0 Å². The summed E-state index contributed by atoms with van der Waals surface area (Å²) >= 11 is 0. The highest BCUT2D eigenvalue weighted by molar-refractivity contribution is 5.25. The maximum absolute atomic E-state index is 10.2. The van der Waals surface area contributed by atoms with Crippen LogP contribution in [0.15, 0.2) is 11.6 Å². The van der Waals surface area contributed by atoms with Crippen molar-refractivity contribution in [1.82, 2.24) is 0 Å². The fourth-order valence-electron chi connectivity index (χ4n) is 9.30. The molecule has 4 unspecified atom stereocenters. The van der Waals surface area contributed by atoms with Crippen LogP contribution in [0.5, 0.6) is 0 Å². The SMILES string of the molecule is CC[C@H](CCC(C)C1CCC2[C@@H]3CC=C4C[C@@H](O)CC[C@]4(C)C3CC[C@]12C)C(C)C. The van der Waals surface area contributed by atoms with Gasteiger partial charge in [0.25, 0.3) is 0 Å². The molecule has 4 aliphatic rings. The fourth-order valence-corrected chi connectivity index (χ4v) is 9.30. The van der Waals surface area contributed by atoms with Crippen molar-refractivity contribution in [2.45, 2.75) is 118 Å². The minimum atomic E-state index is -0.0794. The Kier molecular flexibility index (Phi) is 6.53. The van der Waals surface area contributed by atoms with Crippen LogP contribution in [0.1, 0.15) is 112 Å². The van der Waals surface area contributed by atoms with Crippen LogP contribution in [-0.2, 0) is 0 Å². The lowest BCUT2D eigenvalue weighted by molar-refractivity contribution is -0.0575. The second kappa shape index (κ2) is 8.57. The third kappa shape index (κ3) is 3.74. The maximum Gasteiger partial charge on any atom is 0.0577 e. The molecule has 1 N–H and O–H groups in total. The van der Waals surface area contributed by atoms with E-state index >= 15 is 0 Å². The van der Waals surface area contributed by atoms with Gasteiger partial charge in [-0.3, -0.25) is 0 Å². The molecule has 0 bridgehead atoms. The molecular formula is C29H50O. The highest BCUT2D eigenvalue weighted by Crippen LogP contribution is 2.67. The second-order valence-corrected chi connectivity index (χ2v) is 12.9. The molecule has 1 heteroatoms. The largest absolute Gasteiger partial charge is 0.393 e. The molecule has 1 nitrogen and oxygen atoms in total. The minimum Gasteiger partial charge on any atom is -0.393 e. The van der Waals surface area contributed by atoms with Crippen LogP contribution in [0.3, 0.4) is 0 Å². The molecule has 0 spiro atoms. The molecular weight excluding hydrogens is 364 g/mol. The second-order valence-electron chi connectivity index (χ2n) is 12.9. The number of rotatable bonds is 6. The van der Waals surface area contributed by atoms with Crippen molar-refractivity contribution in [1.29, 1.82) is 0 Å². The summed E-state index contributed by atoms with van der Waals surface area (Å²) < 4.78 is 0. The molecule has 4 rings (SSSR count). The first-order valence-corrected chi connectivity index (χ1v) is 13.6. The van der Waals surface area contributed by atoms with Crippen LogP contribution < -0.4 is 0 Å². The Hall–Kier alpha value is -0.300. The molecule has 0 aliphatic heterocycles. The molecule has 0 aromatic carbocycles. The summed E-state index contributed by atoms with van der Waals surface area (Å²) in [6.45, 7) is 15.1. The van der Waals surface area contributed by atoms with Gasteiger partial charge in [-0.25, -0.2) is 0 Å². The van der Waals surface area contributed by atoms with E-state index in [2.05, 4.69) is 47.6 Å². The van der Waals surface area contributed by atoms with Crippen molar-refractivity contribution < 1.29 is 5.11 Å². The average Bonchev–Trinajstić information content (AvgIpc) is 3.06. The van der Waals surface area contributed by atoms with E-state index in [9.17, 15) is 5.11 Å². The highest BCUT2D eigenvalue weighted by atomic mass is 16.3. The third-order valence-electron chi connectivity index (χ3n) is 11.3. The van der Waals surface area contributed by atoms with Crippen molar-refractivity contribution in [3.63, 3.8) is 0 Å². The fraction of sp³-hybridized carbons (Fsp3) is 0.931. The van der Waals surface area contributed by atoms with Gasteiger partial charge in [-0.1, -0.05) is 66.0 Å². The van der Waals surface area contributed by atoms with E-state index < -0.39 is 0 Å². The molecule has 9 atom stereocenters. The molecule has 3 fully saturated rings. The van der Waals surface area contributed by atoms with Gasteiger partial charge in [0, 0.05) is 0 Å². The average molecular weight is 415 g/mol. The van der Waals surface area contributed by atoms with Gasteiger partial charge in [0.05, 0.1) is 6.10 Å². The number of aliphatic hydroxyl groups is 1. The molecule has 0 radical (unpaired) electrons. The summed E-state index contributed by atoms with van der Waals surface area (Å²) in [5.74, 6) is 6.31. The number of fused-ring (bicyclic) bond motifs is 5. The van der Waals surface area contributed by atoms with Crippen LogP contribution in [0.25, 0.3) is 0 Å². The van der Waals surface area contributed by atoms with Crippen molar-refractivity contribution in [2.75, 3.05) is 0 Å². The Morgan fingerprint density at radius 2 is 1.77 bits per heavy atom. The predicted molar refractivity (Wildman–Crippen MR) is 128 cm³/mol. The van der Waals surface area contributed by atoms with Crippen LogP contribution in [0.4, 0.5) is 0 Å². The highest BCUT2D eigenvalue weighted by Gasteiger charge is 2.59. The van der Waals surface area contributed by atoms with Crippen LogP contribution in [-0.4, -0.2) is 11.2 Å². The van der Waals surface area contributed by atoms with E-state index in [0.29, 0.717) is 10.8 Å². The number of hydrogen-bond acceptors (Lipinski definition) is 1. The van der Waals surface area contributed by atoms with Crippen molar-refractivity contribution in [2.24, 2.45) is 52.3 Å². The maximum atomic E-state index is 10.2. The zero-order valence-electron chi connectivity index (χ0n) is 20.9. The topological polar surface area (TPSA) is 20.2 Å². The Labute approximate surface area is 187 Å². The molecule has 0 aromatic rings. The lowest BCUT2D eigenvalue weighted by Crippen LogP contribution is -2.50. The zero-order valence-corrected chi connectivity index (χ0v) is 20.9.